The van der Waals surface area contributed by atoms with E-state index in [1.54, 1.807) is 14.0 Å². The number of carbonyl (C=O) groups excluding carboxylic acids is 1. The van der Waals surface area contributed by atoms with Crippen molar-refractivity contribution in [3.05, 3.63) is 71.9 Å². The minimum Gasteiger partial charge on any atom is -0.497 e. The number of rotatable bonds is 6. The van der Waals surface area contributed by atoms with Crippen LogP contribution in [0.3, 0.4) is 0 Å². The molecule has 0 aliphatic carbocycles. The fraction of sp³-hybridized carbons (Fsp3) is 0.321. The number of aryl methyl sites for hydroxylation is 2. The summed E-state index contributed by atoms with van der Waals surface area (Å²) in [5.74, 6) is 1.23. The Labute approximate surface area is 211 Å². The summed E-state index contributed by atoms with van der Waals surface area (Å²) in [7, 11) is 1.66. The van der Waals surface area contributed by atoms with Gasteiger partial charge in [0.1, 0.15) is 5.75 Å². The summed E-state index contributed by atoms with van der Waals surface area (Å²) in [6, 6.07) is 19.8. The average molecular weight is 486 g/mol. The van der Waals surface area contributed by atoms with Gasteiger partial charge in [0.2, 0.25) is 5.88 Å². The van der Waals surface area contributed by atoms with Crippen molar-refractivity contribution in [1.82, 2.24) is 19.7 Å². The van der Waals surface area contributed by atoms with Gasteiger partial charge in [-0.3, -0.25) is 4.79 Å². The van der Waals surface area contributed by atoms with E-state index in [1.165, 1.54) is 0 Å². The highest BCUT2D eigenvalue weighted by molar-refractivity contribution is 5.84. The second-order valence-corrected chi connectivity index (χ2v) is 9.08. The molecule has 1 atom stereocenters. The van der Waals surface area contributed by atoms with Gasteiger partial charge in [0.05, 0.1) is 18.5 Å². The van der Waals surface area contributed by atoms with Gasteiger partial charge in [-0.15, -0.1) is 0 Å². The number of para-hydroxylation sites is 1. The summed E-state index contributed by atoms with van der Waals surface area (Å²) < 4.78 is 13.2. The maximum absolute atomic E-state index is 13.2. The molecule has 186 valence electrons. The lowest BCUT2D eigenvalue weighted by Crippen LogP contribution is -2.52. The van der Waals surface area contributed by atoms with Crippen LogP contribution in [0.15, 0.2) is 60.7 Å². The van der Waals surface area contributed by atoms with Gasteiger partial charge in [-0.1, -0.05) is 18.2 Å². The van der Waals surface area contributed by atoms with Crippen LogP contribution in [0, 0.1) is 13.8 Å². The summed E-state index contributed by atoms with van der Waals surface area (Å²) in [6.45, 7) is 8.61. The first-order chi connectivity index (χ1) is 17.4. The third kappa shape index (κ3) is 4.58. The average Bonchev–Trinajstić information content (AvgIpc) is 3.25. The van der Waals surface area contributed by atoms with E-state index in [9.17, 15) is 4.79 Å². The second kappa shape index (κ2) is 9.89. The fourth-order valence-electron chi connectivity index (χ4n) is 4.75. The van der Waals surface area contributed by atoms with Crippen molar-refractivity contribution in [2.75, 3.05) is 38.2 Å². The van der Waals surface area contributed by atoms with Gasteiger partial charge in [-0.05, 0) is 62.7 Å². The molecule has 36 heavy (non-hydrogen) atoms. The van der Waals surface area contributed by atoms with E-state index in [-0.39, 0.29) is 5.91 Å². The van der Waals surface area contributed by atoms with E-state index in [2.05, 4.69) is 4.90 Å². The van der Waals surface area contributed by atoms with Crippen molar-refractivity contribution in [2.45, 2.75) is 26.9 Å². The zero-order valence-corrected chi connectivity index (χ0v) is 21.1. The molecule has 2 aromatic heterocycles. The van der Waals surface area contributed by atoms with E-state index < -0.39 is 6.10 Å². The maximum Gasteiger partial charge on any atom is 0.263 e. The molecule has 2 aromatic carbocycles. The molecule has 0 N–H and O–H groups in total. The van der Waals surface area contributed by atoms with Crippen LogP contribution >= 0.6 is 0 Å². The Morgan fingerprint density at radius 2 is 1.64 bits per heavy atom. The summed E-state index contributed by atoms with van der Waals surface area (Å²) in [5.41, 5.74) is 4.71. The van der Waals surface area contributed by atoms with Crippen molar-refractivity contribution < 1.29 is 14.3 Å². The molecule has 0 unspecified atom stereocenters. The molecule has 3 heterocycles. The Bertz CT molecular complexity index is 1360. The molecule has 0 radical (unpaired) electrons. The lowest BCUT2D eigenvalue weighted by Gasteiger charge is -2.37. The van der Waals surface area contributed by atoms with E-state index in [0.717, 1.165) is 52.5 Å². The number of methoxy groups -OCH3 is 1. The number of piperazine rings is 1. The van der Waals surface area contributed by atoms with Crippen LogP contribution in [-0.2, 0) is 4.79 Å². The van der Waals surface area contributed by atoms with Crippen molar-refractivity contribution >= 4 is 22.6 Å². The summed E-state index contributed by atoms with van der Waals surface area (Å²) in [4.78, 5) is 22.1. The molecular weight excluding hydrogens is 454 g/mol. The number of ether oxygens (including phenoxy) is 2. The van der Waals surface area contributed by atoms with Crippen molar-refractivity contribution in [2.24, 2.45) is 0 Å². The Hall–Kier alpha value is -4.07. The maximum atomic E-state index is 13.2. The van der Waals surface area contributed by atoms with Crippen LogP contribution in [0.4, 0.5) is 5.69 Å². The fourth-order valence-corrected chi connectivity index (χ4v) is 4.75. The highest BCUT2D eigenvalue weighted by Gasteiger charge is 2.27. The molecule has 0 saturated carbocycles. The van der Waals surface area contributed by atoms with Gasteiger partial charge in [-0.2, -0.15) is 10.1 Å². The standard InChI is InChI=1S/C28H31N5O3/c1-19-18-25(29-27-26(19)20(2)30-33(27)23-8-6-5-7-9-23)36-21(3)28(34)32-16-14-31(15-17-32)22-10-12-24(35-4)13-11-22/h5-13,18,21H,14-17H2,1-4H3/t21-/m0/s1. The Morgan fingerprint density at radius 3 is 2.31 bits per heavy atom. The van der Waals surface area contributed by atoms with Crippen LogP contribution in [0.1, 0.15) is 18.2 Å². The Balaban J connectivity index is 1.28. The largest absolute Gasteiger partial charge is 0.497 e. The molecule has 1 aliphatic heterocycles. The molecule has 8 heteroatoms. The number of fused-ring (bicyclic) bond motifs is 1. The molecule has 1 fully saturated rings. The van der Waals surface area contributed by atoms with Gasteiger partial charge < -0.3 is 19.3 Å². The monoisotopic (exact) mass is 485 g/mol. The van der Waals surface area contributed by atoms with E-state index >= 15 is 0 Å². The van der Waals surface area contributed by atoms with Crippen LogP contribution < -0.4 is 14.4 Å². The molecular formula is C28H31N5O3. The SMILES string of the molecule is COc1ccc(N2CCN(C(=O)[C@H](C)Oc3cc(C)c4c(C)nn(-c5ccccc5)c4n3)CC2)cc1. The number of nitrogens with zero attached hydrogens (tertiary/aromatic N) is 5. The number of aromatic nitrogens is 3. The first-order valence-electron chi connectivity index (χ1n) is 12.2. The topological polar surface area (TPSA) is 72.7 Å². The number of pyridine rings is 1. The molecule has 0 bridgehead atoms. The first kappa shape index (κ1) is 23.7. The smallest absolute Gasteiger partial charge is 0.263 e. The van der Waals surface area contributed by atoms with E-state index in [0.29, 0.717) is 19.0 Å². The lowest BCUT2D eigenvalue weighted by atomic mass is 10.1. The summed E-state index contributed by atoms with van der Waals surface area (Å²) in [6.07, 6.45) is -0.643. The molecule has 5 rings (SSSR count). The zero-order chi connectivity index (χ0) is 25.2. The second-order valence-electron chi connectivity index (χ2n) is 9.08. The summed E-state index contributed by atoms with van der Waals surface area (Å²) in [5, 5.41) is 5.70. The minimum absolute atomic E-state index is 0.0309. The highest BCUT2D eigenvalue weighted by atomic mass is 16.5. The third-order valence-electron chi connectivity index (χ3n) is 6.66. The normalized spacial score (nSPS) is 14.7. The van der Waals surface area contributed by atoms with Gasteiger partial charge in [-0.25, -0.2) is 4.68 Å². The molecule has 1 amide bonds. The van der Waals surface area contributed by atoms with Crippen molar-refractivity contribution in [3.8, 4) is 17.3 Å². The number of hydrogen-bond donors (Lipinski definition) is 0. The molecule has 8 nitrogen and oxygen atoms in total. The minimum atomic E-state index is -0.643. The van der Waals surface area contributed by atoms with Gasteiger partial charge >= 0.3 is 0 Å². The van der Waals surface area contributed by atoms with Gasteiger partial charge in [0.25, 0.3) is 5.91 Å². The molecule has 4 aromatic rings. The van der Waals surface area contributed by atoms with Crippen molar-refractivity contribution in [1.29, 1.82) is 0 Å². The number of amides is 1. The van der Waals surface area contributed by atoms with Crippen LogP contribution in [-0.4, -0.2) is 65.0 Å². The van der Waals surface area contributed by atoms with Gasteiger partial charge in [0, 0.05) is 43.3 Å². The predicted molar refractivity (Wildman–Crippen MR) is 140 cm³/mol. The molecule has 1 aliphatic rings. The predicted octanol–water partition coefficient (Wildman–Crippen LogP) is 4.16. The van der Waals surface area contributed by atoms with E-state index in [1.807, 2.05) is 84.1 Å². The van der Waals surface area contributed by atoms with Gasteiger partial charge in [0.15, 0.2) is 11.8 Å². The molecule has 1 saturated heterocycles. The number of benzene rings is 2. The number of carbonyl (C=O) groups is 1. The highest BCUT2D eigenvalue weighted by Crippen LogP contribution is 2.27. The molecule has 0 spiro atoms. The van der Waals surface area contributed by atoms with Crippen LogP contribution in [0.25, 0.3) is 16.7 Å². The zero-order valence-electron chi connectivity index (χ0n) is 21.1. The number of anilines is 1. The lowest BCUT2D eigenvalue weighted by molar-refractivity contribution is -0.138. The number of hydrogen-bond acceptors (Lipinski definition) is 6. The van der Waals surface area contributed by atoms with Crippen molar-refractivity contribution in [3.63, 3.8) is 0 Å². The van der Waals surface area contributed by atoms with Crippen LogP contribution in [0.5, 0.6) is 11.6 Å². The van der Waals surface area contributed by atoms with Crippen LogP contribution in [0.2, 0.25) is 0 Å². The Kier molecular flexibility index (Phi) is 6.50. The Morgan fingerprint density at radius 1 is 0.944 bits per heavy atom. The summed E-state index contributed by atoms with van der Waals surface area (Å²) >= 11 is 0. The third-order valence-corrected chi connectivity index (χ3v) is 6.66. The quantitative estimate of drug-likeness (QED) is 0.408. The first-order valence-corrected chi connectivity index (χ1v) is 12.2. The van der Waals surface area contributed by atoms with E-state index in [4.69, 9.17) is 19.6 Å².